The number of benzene rings is 2. The Morgan fingerprint density at radius 1 is 1.26 bits per heavy atom. The Bertz CT molecular complexity index is 601. The largest absolute Gasteiger partial charge is 0.324 e. The number of hydrogen-bond acceptors (Lipinski definition) is 1. The fourth-order valence-electron chi connectivity index (χ4n) is 1.98. The maximum Gasteiger partial charge on any atom is 0.127 e. The van der Waals surface area contributed by atoms with Gasteiger partial charge in [-0.1, -0.05) is 51.3 Å². The molecule has 0 spiro atoms. The van der Waals surface area contributed by atoms with Crippen LogP contribution in [0.15, 0.2) is 40.9 Å². The van der Waals surface area contributed by atoms with Crippen molar-refractivity contribution in [1.29, 1.82) is 0 Å². The van der Waals surface area contributed by atoms with Crippen LogP contribution in [0.4, 0.5) is 4.39 Å². The Morgan fingerprint density at radius 2 is 2.00 bits per heavy atom. The Labute approximate surface area is 125 Å². The molecule has 1 nitrogen and oxygen atoms in total. The lowest BCUT2D eigenvalue weighted by Gasteiger charge is -2.15. The number of nitrogens with two attached hydrogens (primary N) is 1. The molecule has 0 fully saturated rings. The van der Waals surface area contributed by atoms with Crippen molar-refractivity contribution in [3.05, 3.63) is 68.4 Å². The molecule has 100 valence electrons. The van der Waals surface area contributed by atoms with Gasteiger partial charge in [-0.15, -0.1) is 0 Å². The lowest BCUT2D eigenvalue weighted by molar-refractivity contribution is 0.593. The van der Waals surface area contributed by atoms with Crippen LogP contribution in [0.3, 0.4) is 0 Å². The van der Waals surface area contributed by atoms with E-state index in [4.69, 9.17) is 17.3 Å². The summed E-state index contributed by atoms with van der Waals surface area (Å²) in [6.45, 7) is 2.01. The van der Waals surface area contributed by atoms with Crippen molar-refractivity contribution in [1.82, 2.24) is 0 Å². The highest BCUT2D eigenvalue weighted by molar-refractivity contribution is 9.10. The molecular formula is C15H14BrClFN. The molecule has 2 aromatic rings. The molecule has 0 saturated carbocycles. The van der Waals surface area contributed by atoms with Crippen LogP contribution in [-0.4, -0.2) is 0 Å². The van der Waals surface area contributed by atoms with Crippen molar-refractivity contribution >= 4 is 27.5 Å². The summed E-state index contributed by atoms with van der Waals surface area (Å²) in [6.07, 6.45) is 0.436. The van der Waals surface area contributed by atoms with Crippen LogP contribution < -0.4 is 5.73 Å². The molecule has 2 rings (SSSR count). The molecule has 0 aliphatic rings. The van der Waals surface area contributed by atoms with Crippen molar-refractivity contribution in [2.45, 2.75) is 19.4 Å². The molecule has 0 heterocycles. The minimum Gasteiger partial charge on any atom is -0.324 e. The van der Waals surface area contributed by atoms with E-state index < -0.39 is 0 Å². The van der Waals surface area contributed by atoms with Gasteiger partial charge in [-0.2, -0.15) is 0 Å². The number of rotatable bonds is 3. The highest BCUT2D eigenvalue weighted by atomic mass is 79.9. The van der Waals surface area contributed by atoms with Gasteiger partial charge in [0.25, 0.3) is 0 Å². The molecule has 1 unspecified atom stereocenters. The summed E-state index contributed by atoms with van der Waals surface area (Å²) in [6, 6.07) is 10.4. The van der Waals surface area contributed by atoms with Crippen molar-refractivity contribution in [3.63, 3.8) is 0 Å². The summed E-state index contributed by atoms with van der Waals surface area (Å²) >= 11 is 9.22. The smallest absolute Gasteiger partial charge is 0.127 e. The van der Waals surface area contributed by atoms with E-state index in [0.29, 0.717) is 17.0 Å². The zero-order valence-corrected chi connectivity index (χ0v) is 12.8. The van der Waals surface area contributed by atoms with E-state index in [1.807, 2.05) is 25.1 Å². The Hall–Kier alpha value is -0.900. The van der Waals surface area contributed by atoms with Gasteiger partial charge in [-0.05, 0) is 42.7 Å². The van der Waals surface area contributed by atoms with Crippen LogP contribution >= 0.6 is 27.5 Å². The molecule has 0 amide bonds. The first-order valence-electron chi connectivity index (χ1n) is 5.93. The van der Waals surface area contributed by atoms with Gasteiger partial charge in [0, 0.05) is 15.5 Å². The van der Waals surface area contributed by atoms with E-state index >= 15 is 0 Å². The summed E-state index contributed by atoms with van der Waals surface area (Å²) in [5, 5.41) is 0.395. The molecule has 0 radical (unpaired) electrons. The molecule has 0 saturated heterocycles. The molecular weight excluding hydrogens is 329 g/mol. The molecule has 1 atom stereocenters. The maximum atomic E-state index is 13.8. The second-order valence-corrected chi connectivity index (χ2v) is 5.86. The predicted octanol–water partition coefficient (Wildman–Crippen LogP) is 4.79. The van der Waals surface area contributed by atoms with Gasteiger partial charge < -0.3 is 5.73 Å². The van der Waals surface area contributed by atoms with E-state index in [2.05, 4.69) is 15.9 Å². The average Bonchev–Trinajstić information content (AvgIpc) is 2.35. The first-order chi connectivity index (χ1) is 8.97. The van der Waals surface area contributed by atoms with Gasteiger partial charge in [0.1, 0.15) is 5.82 Å². The quantitative estimate of drug-likeness (QED) is 0.852. The third-order valence-electron chi connectivity index (χ3n) is 3.01. The third kappa shape index (κ3) is 3.56. The van der Waals surface area contributed by atoms with Gasteiger partial charge in [-0.25, -0.2) is 4.39 Å². The van der Waals surface area contributed by atoms with Crippen LogP contribution in [0.1, 0.15) is 22.7 Å². The zero-order chi connectivity index (χ0) is 14.0. The monoisotopic (exact) mass is 341 g/mol. The first-order valence-corrected chi connectivity index (χ1v) is 7.10. The summed E-state index contributed by atoms with van der Waals surface area (Å²) in [7, 11) is 0. The summed E-state index contributed by atoms with van der Waals surface area (Å²) in [4.78, 5) is 0. The zero-order valence-electron chi connectivity index (χ0n) is 10.5. The molecule has 0 aliphatic carbocycles. The van der Waals surface area contributed by atoms with Crippen LogP contribution in [0.5, 0.6) is 0 Å². The van der Waals surface area contributed by atoms with Crippen LogP contribution in [0.2, 0.25) is 5.02 Å². The standard InChI is InChI=1S/C15H14BrClFN/c1-9-2-5-13(16)12(6-9)15(19)7-10-3-4-11(17)8-14(10)18/h2-6,8,15H,7,19H2,1H3. The molecule has 19 heavy (non-hydrogen) atoms. The highest BCUT2D eigenvalue weighted by Gasteiger charge is 2.13. The minimum atomic E-state index is -0.313. The van der Waals surface area contributed by atoms with E-state index in [1.54, 1.807) is 12.1 Å². The van der Waals surface area contributed by atoms with Gasteiger partial charge in [0.2, 0.25) is 0 Å². The Kier molecular flexibility index (Phi) is 4.61. The van der Waals surface area contributed by atoms with E-state index in [1.165, 1.54) is 6.07 Å². The van der Waals surface area contributed by atoms with Gasteiger partial charge in [-0.3, -0.25) is 0 Å². The van der Waals surface area contributed by atoms with Crippen LogP contribution in [0, 0.1) is 12.7 Å². The third-order valence-corrected chi connectivity index (χ3v) is 3.96. The fourth-order valence-corrected chi connectivity index (χ4v) is 2.68. The Balaban J connectivity index is 2.25. The second kappa shape index (κ2) is 6.04. The predicted molar refractivity (Wildman–Crippen MR) is 80.9 cm³/mol. The van der Waals surface area contributed by atoms with Crippen molar-refractivity contribution in [2.24, 2.45) is 5.73 Å². The summed E-state index contributed by atoms with van der Waals surface area (Å²) in [5.74, 6) is -0.313. The van der Waals surface area contributed by atoms with Crippen molar-refractivity contribution in [2.75, 3.05) is 0 Å². The lowest BCUT2D eigenvalue weighted by atomic mass is 9.98. The minimum absolute atomic E-state index is 0.259. The van der Waals surface area contributed by atoms with Gasteiger partial charge in [0.05, 0.1) is 0 Å². The average molecular weight is 343 g/mol. The number of hydrogen-bond donors (Lipinski definition) is 1. The van der Waals surface area contributed by atoms with E-state index in [0.717, 1.165) is 15.6 Å². The van der Waals surface area contributed by atoms with Crippen molar-refractivity contribution in [3.8, 4) is 0 Å². The molecule has 0 bridgehead atoms. The molecule has 4 heteroatoms. The molecule has 0 aromatic heterocycles. The normalized spacial score (nSPS) is 12.5. The van der Waals surface area contributed by atoms with Crippen LogP contribution in [-0.2, 0) is 6.42 Å². The molecule has 0 aliphatic heterocycles. The number of aryl methyl sites for hydroxylation is 1. The lowest BCUT2D eigenvalue weighted by Crippen LogP contribution is -2.15. The number of halogens is 3. The second-order valence-electron chi connectivity index (χ2n) is 4.57. The summed E-state index contributed by atoms with van der Waals surface area (Å²) in [5.41, 5.74) is 8.86. The molecule has 2 aromatic carbocycles. The van der Waals surface area contributed by atoms with Gasteiger partial charge >= 0.3 is 0 Å². The topological polar surface area (TPSA) is 26.0 Å². The fraction of sp³-hybridized carbons (Fsp3) is 0.200. The Morgan fingerprint density at radius 3 is 2.68 bits per heavy atom. The van der Waals surface area contributed by atoms with E-state index in [-0.39, 0.29) is 11.9 Å². The maximum absolute atomic E-state index is 13.8. The van der Waals surface area contributed by atoms with Crippen LogP contribution in [0.25, 0.3) is 0 Å². The first kappa shape index (κ1) is 14.5. The molecule has 2 N–H and O–H groups in total. The SMILES string of the molecule is Cc1ccc(Br)c(C(N)Cc2ccc(Cl)cc2F)c1. The summed E-state index contributed by atoms with van der Waals surface area (Å²) < 4.78 is 14.7. The highest BCUT2D eigenvalue weighted by Crippen LogP contribution is 2.27. The van der Waals surface area contributed by atoms with Gasteiger partial charge in [0.15, 0.2) is 0 Å². The van der Waals surface area contributed by atoms with Crippen molar-refractivity contribution < 1.29 is 4.39 Å². The van der Waals surface area contributed by atoms with E-state index in [9.17, 15) is 4.39 Å².